The normalized spacial score (nSPS) is 22.5. The molecule has 22 heavy (non-hydrogen) atoms. The van der Waals surface area contributed by atoms with Crippen LogP contribution in [0, 0.1) is 5.92 Å². The van der Waals surface area contributed by atoms with Crippen molar-refractivity contribution in [3.05, 3.63) is 35.9 Å². The number of carbonyl (C=O) groups is 2. The van der Waals surface area contributed by atoms with Crippen LogP contribution < -0.4 is 5.32 Å². The lowest BCUT2D eigenvalue weighted by molar-refractivity contribution is -0.158. The third kappa shape index (κ3) is 3.99. The van der Waals surface area contributed by atoms with E-state index in [1.807, 2.05) is 0 Å². The van der Waals surface area contributed by atoms with Crippen LogP contribution >= 0.6 is 0 Å². The van der Waals surface area contributed by atoms with Gasteiger partial charge in [0.2, 0.25) is 5.91 Å². The lowest BCUT2D eigenvalue weighted by Gasteiger charge is -2.33. The predicted octanol–water partition coefficient (Wildman–Crippen LogP) is 2.70. The topological polar surface area (TPSA) is 66.4 Å². The summed E-state index contributed by atoms with van der Waals surface area (Å²) >= 11 is 0. The number of hydrogen-bond donors (Lipinski definition) is 2. The highest BCUT2D eigenvalue weighted by molar-refractivity contribution is 5.78. The smallest absolute Gasteiger partial charge is 0.396 e. The number of carboxylic acids is 1. The van der Waals surface area contributed by atoms with Gasteiger partial charge in [0.25, 0.3) is 0 Å². The number of carbonyl (C=O) groups excluding carboxylic acids is 1. The summed E-state index contributed by atoms with van der Waals surface area (Å²) in [6.45, 7) is 0. The summed E-state index contributed by atoms with van der Waals surface area (Å²) in [7, 11) is 0. The highest BCUT2D eigenvalue weighted by Crippen LogP contribution is 2.37. The van der Waals surface area contributed by atoms with E-state index in [0.29, 0.717) is 0 Å². The van der Waals surface area contributed by atoms with Crippen molar-refractivity contribution in [2.75, 3.05) is 0 Å². The molecule has 0 aliphatic heterocycles. The molecule has 0 saturated heterocycles. The number of amides is 1. The fourth-order valence-corrected chi connectivity index (χ4v) is 2.52. The molecule has 2 rings (SSSR count). The molecule has 120 valence electrons. The predicted molar refractivity (Wildman–Crippen MR) is 72.1 cm³/mol. The van der Waals surface area contributed by atoms with Gasteiger partial charge in [-0.15, -0.1) is 0 Å². The maximum atomic E-state index is 13.1. The molecule has 2 N–H and O–H groups in total. The van der Waals surface area contributed by atoms with Crippen molar-refractivity contribution in [1.29, 1.82) is 0 Å². The van der Waals surface area contributed by atoms with Crippen LogP contribution in [0.5, 0.6) is 0 Å². The third-order valence-corrected chi connectivity index (χ3v) is 3.84. The Bertz CT molecular complexity index is 539. The highest BCUT2D eigenvalue weighted by atomic mass is 19.4. The molecule has 1 fully saturated rings. The van der Waals surface area contributed by atoms with E-state index in [1.165, 1.54) is 24.3 Å². The molecule has 1 saturated carbocycles. The second-order valence-electron chi connectivity index (χ2n) is 5.48. The zero-order valence-corrected chi connectivity index (χ0v) is 11.6. The minimum atomic E-state index is -4.51. The van der Waals surface area contributed by atoms with Gasteiger partial charge in [-0.2, -0.15) is 13.2 Å². The van der Waals surface area contributed by atoms with Crippen molar-refractivity contribution in [2.45, 2.75) is 37.4 Å². The molecule has 0 spiro atoms. The second-order valence-corrected chi connectivity index (χ2v) is 5.48. The Balaban J connectivity index is 1.94. The number of rotatable bonds is 5. The monoisotopic (exact) mass is 315 g/mol. The summed E-state index contributed by atoms with van der Waals surface area (Å²) in [5, 5.41) is 11.2. The fraction of sp³-hybridized carbons (Fsp3) is 0.467. The van der Waals surface area contributed by atoms with E-state index >= 15 is 0 Å². The van der Waals surface area contributed by atoms with E-state index in [-0.39, 0.29) is 24.4 Å². The first-order valence-electron chi connectivity index (χ1n) is 6.91. The minimum absolute atomic E-state index is 0.0437. The first-order valence-corrected chi connectivity index (χ1v) is 6.91. The molecule has 0 bridgehead atoms. The molecule has 1 amide bonds. The summed E-state index contributed by atoms with van der Waals surface area (Å²) in [4.78, 5) is 22.4. The zero-order valence-electron chi connectivity index (χ0n) is 11.6. The Morgan fingerprint density at radius 1 is 1.23 bits per heavy atom. The van der Waals surface area contributed by atoms with E-state index in [0.717, 1.165) is 0 Å². The highest BCUT2D eigenvalue weighted by Gasteiger charge is 2.42. The van der Waals surface area contributed by atoms with Crippen molar-refractivity contribution in [3.63, 3.8) is 0 Å². The van der Waals surface area contributed by atoms with E-state index in [2.05, 4.69) is 5.32 Å². The van der Waals surface area contributed by atoms with E-state index in [1.54, 1.807) is 6.07 Å². The number of halogens is 3. The lowest BCUT2D eigenvalue weighted by Crippen LogP contribution is -2.47. The van der Waals surface area contributed by atoms with E-state index < -0.39 is 36.3 Å². The molecule has 1 unspecified atom stereocenters. The molecule has 1 aromatic carbocycles. The van der Waals surface area contributed by atoms with Crippen molar-refractivity contribution >= 4 is 11.9 Å². The quantitative estimate of drug-likeness (QED) is 0.878. The number of benzene rings is 1. The molecule has 1 atom stereocenters. The maximum absolute atomic E-state index is 13.1. The summed E-state index contributed by atoms with van der Waals surface area (Å²) in [6.07, 6.45) is -4.67. The van der Waals surface area contributed by atoms with E-state index in [4.69, 9.17) is 5.11 Å². The van der Waals surface area contributed by atoms with Crippen LogP contribution in [0.25, 0.3) is 0 Å². The second kappa shape index (κ2) is 6.37. The molecule has 1 aromatic rings. The van der Waals surface area contributed by atoms with Gasteiger partial charge in [-0.3, -0.25) is 9.59 Å². The zero-order chi connectivity index (χ0) is 16.3. The van der Waals surface area contributed by atoms with Crippen LogP contribution in [0.15, 0.2) is 30.3 Å². The molecule has 1 aliphatic rings. The average molecular weight is 315 g/mol. The molecule has 4 nitrogen and oxygen atoms in total. The lowest BCUT2D eigenvalue weighted by atomic mass is 9.80. The van der Waals surface area contributed by atoms with Crippen LogP contribution in [0.4, 0.5) is 13.2 Å². The molecule has 7 heteroatoms. The van der Waals surface area contributed by atoms with Crippen LogP contribution in [0.3, 0.4) is 0 Å². The van der Waals surface area contributed by atoms with Gasteiger partial charge in [-0.25, -0.2) is 0 Å². The van der Waals surface area contributed by atoms with Crippen LogP contribution in [0.1, 0.15) is 30.7 Å². The van der Waals surface area contributed by atoms with Gasteiger partial charge in [-0.05, 0) is 18.4 Å². The Morgan fingerprint density at radius 2 is 1.82 bits per heavy atom. The van der Waals surface area contributed by atoms with Crippen molar-refractivity contribution in [2.24, 2.45) is 5.92 Å². The van der Waals surface area contributed by atoms with Gasteiger partial charge in [0.05, 0.1) is 11.8 Å². The average Bonchev–Trinajstić information content (AvgIpc) is 2.39. The van der Waals surface area contributed by atoms with Gasteiger partial charge in [-0.1, -0.05) is 30.3 Å². The molecular formula is C15H16F3NO3. The first kappa shape index (κ1) is 16.3. The molecule has 1 aliphatic carbocycles. The fourth-order valence-electron chi connectivity index (χ4n) is 2.52. The number of alkyl halides is 3. The summed E-state index contributed by atoms with van der Waals surface area (Å²) in [5.74, 6) is -4.02. The Morgan fingerprint density at radius 3 is 2.32 bits per heavy atom. The van der Waals surface area contributed by atoms with Gasteiger partial charge in [0, 0.05) is 12.5 Å². The first-order chi connectivity index (χ1) is 10.3. The number of hydrogen-bond acceptors (Lipinski definition) is 2. The van der Waals surface area contributed by atoms with E-state index in [9.17, 15) is 22.8 Å². The van der Waals surface area contributed by atoms with Crippen molar-refractivity contribution in [3.8, 4) is 0 Å². The van der Waals surface area contributed by atoms with Gasteiger partial charge < -0.3 is 10.4 Å². The molecule has 0 aromatic heterocycles. The molecular weight excluding hydrogens is 299 g/mol. The standard InChI is InChI=1S/C15H16F3NO3/c16-15(17,18)12(9-4-2-1-3-5-9)8-13(20)19-11-6-10(7-11)14(21)22/h1-5,10-12H,6-8H2,(H,19,20)(H,21,22). The van der Waals surface area contributed by atoms with Crippen molar-refractivity contribution in [1.82, 2.24) is 5.32 Å². The number of carboxylic acid groups (broad SMARTS) is 1. The Kier molecular flexibility index (Phi) is 4.73. The van der Waals surface area contributed by atoms with Gasteiger partial charge in [0.1, 0.15) is 0 Å². The summed E-state index contributed by atoms with van der Waals surface area (Å²) in [5.41, 5.74) is 0.0437. The van der Waals surface area contributed by atoms with Gasteiger partial charge in [0.15, 0.2) is 0 Å². The Hall–Kier alpha value is -2.05. The summed E-state index contributed by atoms with van der Waals surface area (Å²) in [6, 6.07) is 6.94. The summed E-state index contributed by atoms with van der Waals surface area (Å²) < 4.78 is 39.3. The molecule has 0 radical (unpaired) electrons. The van der Waals surface area contributed by atoms with Crippen LogP contribution in [-0.4, -0.2) is 29.2 Å². The number of aliphatic carboxylic acids is 1. The maximum Gasteiger partial charge on any atom is 0.396 e. The largest absolute Gasteiger partial charge is 0.481 e. The van der Waals surface area contributed by atoms with Crippen LogP contribution in [-0.2, 0) is 9.59 Å². The SMILES string of the molecule is O=C(CC(c1ccccc1)C(F)(F)F)NC1CC(C(=O)O)C1. The van der Waals surface area contributed by atoms with Crippen molar-refractivity contribution < 1.29 is 27.9 Å². The molecule has 0 heterocycles. The third-order valence-electron chi connectivity index (χ3n) is 3.84. The number of nitrogens with one attached hydrogen (secondary N) is 1. The van der Waals surface area contributed by atoms with Crippen LogP contribution in [0.2, 0.25) is 0 Å². The Labute approximate surface area is 125 Å². The minimum Gasteiger partial charge on any atom is -0.481 e. The van der Waals surface area contributed by atoms with Gasteiger partial charge >= 0.3 is 12.1 Å².